The zero-order valence-corrected chi connectivity index (χ0v) is 42.0. The lowest BCUT2D eigenvalue weighted by molar-refractivity contribution is -0.123. The molecule has 1 aliphatic rings. The summed E-state index contributed by atoms with van der Waals surface area (Å²) in [7, 11) is 1.59. The van der Waals surface area contributed by atoms with Gasteiger partial charge < -0.3 is 46.9 Å². The van der Waals surface area contributed by atoms with Gasteiger partial charge in [-0.2, -0.15) is 0 Å². The number of nitrogens with two attached hydrogens (primary N) is 2. The summed E-state index contributed by atoms with van der Waals surface area (Å²) >= 11 is 0. The third kappa shape index (κ3) is 19.8. The Morgan fingerprint density at radius 2 is 1.51 bits per heavy atom. The van der Waals surface area contributed by atoms with E-state index in [0.717, 1.165) is 79.5 Å². The van der Waals surface area contributed by atoms with Crippen molar-refractivity contribution in [3.05, 3.63) is 95.1 Å². The summed E-state index contributed by atoms with van der Waals surface area (Å²) < 4.78 is 29.3. The first-order valence-electron chi connectivity index (χ1n) is 25.5. The molecule has 16 heteroatoms. The third-order valence-electron chi connectivity index (χ3n) is 12.9. The van der Waals surface area contributed by atoms with E-state index in [4.69, 9.17) is 20.9 Å². The van der Waals surface area contributed by atoms with Crippen LogP contribution in [0.25, 0.3) is 11.1 Å². The minimum absolute atomic E-state index is 0.00675. The van der Waals surface area contributed by atoms with Crippen LogP contribution in [0.1, 0.15) is 119 Å². The first-order valence-corrected chi connectivity index (χ1v) is 25.5. The molecule has 3 aromatic carbocycles. The molecule has 1 fully saturated rings. The Labute approximate surface area is 415 Å². The molecule has 0 bridgehead atoms. The Bertz CT molecular complexity index is 2190. The summed E-state index contributed by atoms with van der Waals surface area (Å²) in [4.78, 5) is 38.8. The van der Waals surface area contributed by atoms with Crippen molar-refractivity contribution in [1.29, 1.82) is 0 Å². The van der Waals surface area contributed by atoms with Crippen LogP contribution in [-0.4, -0.2) is 109 Å². The van der Waals surface area contributed by atoms with E-state index >= 15 is 4.39 Å². The summed E-state index contributed by atoms with van der Waals surface area (Å²) in [6.07, 6.45) is 13.7. The number of nitrogens with zero attached hydrogens (tertiary/aromatic N) is 4. The van der Waals surface area contributed by atoms with Gasteiger partial charge in [-0.25, -0.2) is 4.39 Å². The van der Waals surface area contributed by atoms with E-state index in [2.05, 4.69) is 58.3 Å². The first-order chi connectivity index (χ1) is 33.9. The number of aromatic nitrogens is 3. The molecular formula is C54H80FN9O6. The average molecular weight is 970 g/mol. The Kier molecular flexibility index (Phi) is 23.5. The molecule has 1 aliphatic carbocycles. The van der Waals surface area contributed by atoms with Gasteiger partial charge in [-0.3, -0.25) is 19.1 Å². The summed E-state index contributed by atoms with van der Waals surface area (Å²) in [5.74, 6) is 1.87. The van der Waals surface area contributed by atoms with Crippen molar-refractivity contribution in [3.8, 4) is 22.6 Å². The fourth-order valence-corrected chi connectivity index (χ4v) is 9.03. The van der Waals surface area contributed by atoms with Crippen LogP contribution < -0.4 is 36.9 Å². The van der Waals surface area contributed by atoms with Crippen molar-refractivity contribution < 1.29 is 33.4 Å². The fraction of sp³-hybridized carbons (Fsp3) is 0.574. The molecule has 8 N–H and O–H groups in total. The van der Waals surface area contributed by atoms with Gasteiger partial charge in [0.15, 0.2) is 0 Å². The molecular weight excluding hydrogens is 890 g/mol. The molecule has 0 aliphatic heterocycles. The van der Waals surface area contributed by atoms with Gasteiger partial charge in [0.2, 0.25) is 17.7 Å². The van der Waals surface area contributed by atoms with Crippen LogP contribution in [0.15, 0.2) is 66.9 Å². The average Bonchev–Trinajstić information content (AvgIpc) is 4.10. The van der Waals surface area contributed by atoms with Gasteiger partial charge in [0.25, 0.3) is 0 Å². The monoisotopic (exact) mass is 970 g/mol. The van der Waals surface area contributed by atoms with Gasteiger partial charge in [-0.15, -0.1) is 5.10 Å². The first kappa shape index (κ1) is 55.5. The summed E-state index contributed by atoms with van der Waals surface area (Å²) in [5.41, 5.74) is 16.2. The molecule has 1 atom stereocenters. The molecule has 0 unspecified atom stereocenters. The molecule has 0 radical (unpaired) electrons. The van der Waals surface area contributed by atoms with E-state index in [1.807, 2.05) is 40.0 Å². The smallest absolute Gasteiger partial charge is 0.221 e. The number of amides is 3. The Morgan fingerprint density at radius 1 is 0.829 bits per heavy atom. The lowest BCUT2D eigenvalue weighted by atomic mass is 9.82. The topological polar surface area (TPSA) is 212 Å². The number of hydrogen-bond acceptors (Lipinski definition) is 11. The number of rotatable bonds is 35. The molecule has 15 nitrogen and oxygen atoms in total. The van der Waals surface area contributed by atoms with Crippen molar-refractivity contribution in [2.45, 2.75) is 123 Å². The Morgan fingerprint density at radius 3 is 2.20 bits per heavy atom. The van der Waals surface area contributed by atoms with Crippen LogP contribution in [0.4, 0.5) is 4.39 Å². The van der Waals surface area contributed by atoms with Gasteiger partial charge in [0.1, 0.15) is 23.9 Å². The lowest BCUT2D eigenvalue weighted by Crippen LogP contribution is -2.40. The highest BCUT2D eigenvalue weighted by atomic mass is 19.1. The third-order valence-corrected chi connectivity index (χ3v) is 12.9. The van der Waals surface area contributed by atoms with E-state index in [0.29, 0.717) is 102 Å². The Hall–Kier alpha value is -5.42. The van der Waals surface area contributed by atoms with Crippen molar-refractivity contribution in [2.24, 2.45) is 22.8 Å². The van der Waals surface area contributed by atoms with Crippen LogP contribution in [0.5, 0.6) is 11.5 Å². The molecule has 0 saturated heterocycles. The molecule has 5 rings (SSSR count). The van der Waals surface area contributed by atoms with E-state index in [-0.39, 0.29) is 48.4 Å². The lowest BCUT2D eigenvalue weighted by Gasteiger charge is -2.26. The molecule has 1 saturated carbocycles. The highest BCUT2D eigenvalue weighted by molar-refractivity contribution is 5.77. The summed E-state index contributed by atoms with van der Waals surface area (Å²) in [6.45, 7) is 9.06. The highest BCUT2D eigenvalue weighted by Gasteiger charge is 2.32. The second-order valence-corrected chi connectivity index (χ2v) is 19.5. The van der Waals surface area contributed by atoms with Crippen molar-refractivity contribution >= 4 is 17.7 Å². The normalized spacial score (nSPS) is 13.0. The van der Waals surface area contributed by atoms with Gasteiger partial charge >= 0.3 is 0 Å². The van der Waals surface area contributed by atoms with Crippen LogP contribution in [-0.2, 0) is 40.4 Å². The van der Waals surface area contributed by atoms with Gasteiger partial charge in [-0.05, 0) is 115 Å². The van der Waals surface area contributed by atoms with Gasteiger partial charge in [-0.1, -0.05) is 75.1 Å². The number of ether oxygens (including phenoxy) is 2. The molecule has 1 aromatic heterocycles. The minimum Gasteiger partial charge on any atom is -0.497 e. The predicted molar refractivity (Wildman–Crippen MR) is 273 cm³/mol. The largest absolute Gasteiger partial charge is 0.497 e. The second kappa shape index (κ2) is 29.7. The maximum atomic E-state index is 15.5. The van der Waals surface area contributed by atoms with Crippen molar-refractivity contribution in [1.82, 2.24) is 35.8 Å². The number of aliphatic hydroxyl groups excluding tert-OH is 1. The zero-order valence-electron chi connectivity index (χ0n) is 42.0. The summed E-state index contributed by atoms with van der Waals surface area (Å²) in [6, 6.07) is 19.2. The molecule has 0 spiro atoms. The minimum atomic E-state index is -0.312. The van der Waals surface area contributed by atoms with E-state index in [1.165, 1.54) is 24.5 Å². The van der Waals surface area contributed by atoms with Gasteiger partial charge in [0.05, 0.1) is 12.8 Å². The molecule has 1 heterocycles. The maximum Gasteiger partial charge on any atom is 0.221 e. The van der Waals surface area contributed by atoms with Crippen molar-refractivity contribution in [2.75, 3.05) is 66.1 Å². The van der Waals surface area contributed by atoms with Crippen LogP contribution >= 0.6 is 0 Å². The molecule has 70 heavy (non-hydrogen) atoms. The fourth-order valence-electron chi connectivity index (χ4n) is 9.03. The number of unbranched alkanes of at least 4 members (excludes halogenated alkanes) is 5. The number of hydrogen-bond donors (Lipinski definition) is 6. The quantitative estimate of drug-likeness (QED) is 0.0276. The maximum absolute atomic E-state index is 15.5. The van der Waals surface area contributed by atoms with Gasteiger partial charge in [0, 0.05) is 96.5 Å². The zero-order chi connectivity index (χ0) is 50.1. The van der Waals surface area contributed by atoms with E-state index < -0.39 is 0 Å². The number of halogens is 1. The molecule has 384 valence electrons. The number of aliphatic hydroxyl groups is 1. The number of aryl methyl sites for hydroxylation is 1. The Balaban J connectivity index is 1.05. The number of carbonyl (C=O) groups excluding carboxylic acids is 3. The standard InChI is InChI=1S/C54H80FN9O6/c1-54(2,36-43-33-40(15-19-48(43)49-35-45(69-3)18-20-50(49)55)38-70-46-13-10-11-42(34-46)47(23-32-65)41-16-17-41)39-64-37-44(61-62-64)12-8-6-4-5-7-9-14-51(66)60-28-31-63(29-21-52(67)58-26-24-56)30-22-53(68)59-27-25-57/h10-11,13,15,18-20,33-35,37,41,47,65H,4-9,12,14,16-17,21-32,36,38-39,56-57H2,1-3H3,(H,58,67)(H,59,68)(H,60,66)/t47-/m0/s1. The number of carbonyl (C=O) groups is 3. The highest BCUT2D eigenvalue weighted by Crippen LogP contribution is 2.45. The molecule has 4 aromatic rings. The summed E-state index contributed by atoms with van der Waals surface area (Å²) in [5, 5.41) is 27.2. The van der Waals surface area contributed by atoms with Crippen LogP contribution in [0, 0.1) is 17.2 Å². The van der Waals surface area contributed by atoms with Crippen molar-refractivity contribution in [3.63, 3.8) is 0 Å². The molecule has 3 amide bonds. The SMILES string of the molecule is COc1ccc(F)c(-c2ccc(COc3cccc([C@@H](CCO)C4CC4)c3)cc2CC(C)(C)Cn2cc(CCCCCCCCC(=O)NCCN(CCC(=O)NCCN)CCC(=O)NCCN)nn2)c1. The number of benzene rings is 3. The van der Waals surface area contributed by atoms with Crippen LogP contribution in [0.3, 0.4) is 0 Å². The number of nitrogens with one attached hydrogen (secondary N) is 3. The van der Waals surface area contributed by atoms with E-state index in [9.17, 15) is 19.5 Å². The van der Waals surface area contributed by atoms with E-state index in [1.54, 1.807) is 19.2 Å². The number of methoxy groups -OCH3 is 1. The second-order valence-electron chi connectivity index (χ2n) is 19.5. The predicted octanol–water partition coefficient (Wildman–Crippen LogP) is 6.44. The van der Waals surface area contributed by atoms with Crippen LogP contribution in [0.2, 0.25) is 0 Å².